The van der Waals surface area contributed by atoms with Crippen molar-refractivity contribution in [3.8, 4) is 0 Å². The van der Waals surface area contributed by atoms with Crippen LogP contribution in [0.1, 0.15) is 27.7 Å². The second kappa shape index (κ2) is 14.5. The highest BCUT2D eigenvalue weighted by atomic mass is 31.2. The number of hydrogen-bond acceptors (Lipinski definition) is 12. The molecule has 0 bridgehead atoms. The zero-order chi connectivity index (χ0) is 31.5. The van der Waals surface area contributed by atoms with Gasteiger partial charge in [0.25, 0.3) is 0 Å². The molecule has 4 aliphatic rings. The maximum absolute atomic E-state index is 12.7. The third-order valence-electron chi connectivity index (χ3n) is 7.29. The smallest absolute Gasteiger partial charge is 0.344 e. The molecule has 0 saturated carbocycles. The Kier molecular flexibility index (Phi) is 12.8. The predicted octanol–water partition coefficient (Wildman–Crippen LogP) is 4.09. The van der Waals surface area contributed by atoms with Crippen LogP contribution < -0.4 is 0 Å². The third kappa shape index (κ3) is 13.5. The third-order valence-corrected chi connectivity index (χ3v) is 12.9. The van der Waals surface area contributed by atoms with Crippen molar-refractivity contribution in [2.45, 2.75) is 27.7 Å². The van der Waals surface area contributed by atoms with Crippen molar-refractivity contribution in [1.29, 1.82) is 0 Å². The highest BCUT2D eigenvalue weighted by molar-refractivity contribution is 7.62. The maximum atomic E-state index is 12.7. The summed E-state index contributed by atoms with van der Waals surface area (Å²) in [6.07, 6.45) is 1.56. The van der Waals surface area contributed by atoms with Crippen LogP contribution in [0.25, 0.3) is 0 Å². The largest absolute Gasteiger partial charge is 0.344 e. The molecule has 1 atom stereocenters. The number of piperazine rings is 2. The Bertz CT molecular complexity index is 968. The molecule has 248 valence electrons. The second-order valence-electron chi connectivity index (χ2n) is 14.3. The monoisotopic (exact) mass is 678 g/mol. The van der Waals surface area contributed by atoms with Crippen molar-refractivity contribution in [3.05, 3.63) is 0 Å². The summed E-state index contributed by atoms with van der Waals surface area (Å²) in [4.78, 5) is 17.7. The zero-order valence-electron chi connectivity index (χ0n) is 26.6. The molecule has 4 aliphatic heterocycles. The fourth-order valence-electron chi connectivity index (χ4n) is 4.90. The summed E-state index contributed by atoms with van der Waals surface area (Å²) in [7, 11) is -11.0. The van der Waals surface area contributed by atoms with Gasteiger partial charge in [0, 0.05) is 69.9 Å². The van der Waals surface area contributed by atoms with Gasteiger partial charge in [0.1, 0.15) is 12.6 Å². The molecule has 0 amide bonds. The van der Waals surface area contributed by atoms with E-state index in [0.717, 1.165) is 52.4 Å². The molecule has 4 saturated heterocycles. The Morgan fingerprint density at radius 1 is 0.595 bits per heavy atom. The molecule has 0 radical (unpaired) electrons. The molecule has 42 heavy (non-hydrogen) atoms. The van der Waals surface area contributed by atoms with Crippen LogP contribution in [-0.4, -0.2) is 148 Å². The minimum Gasteiger partial charge on any atom is -0.344 e. The lowest BCUT2D eigenvalue weighted by Gasteiger charge is -2.40. The van der Waals surface area contributed by atoms with E-state index >= 15 is 0 Å². The Labute approximate surface area is 252 Å². The SMILES string of the molecule is CC1(C)COP(=O)(CN2CCN(CP3(=O)OCC(C)(C)CO3)CC2)OC1.CP(C)(=O)CN1CCN(CP(C)(=O)O)CC1. The number of rotatable bonds is 8. The summed E-state index contributed by atoms with van der Waals surface area (Å²) < 4.78 is 70.6. The summed E-state index contributed by atoms with van der Waals surface area (Å²) in [5.74, 6) is 0. The van der Waals surface area contributed by atoms with E-state index in [1.165, 1.54) is 6.66 Å². The van der Waals surface area contributed by atoms with Gasteiger partial charge in [-0.2, -0.15) is 0 Å². The van der Waals surface area contributed by atoms with Gasteiger partial charge in [-0.3, -0.25) is 33.3 Å². The van der Waals surface area contributed by atoms with Gasteiger partial charge in [-0.1, -0.05) is 27.7 Å². The Morgan fingerprint density at radius 2 is 0.881 bits per heavy atom. The van der Waals surface area contributed by atoms with E-state index in [4.69, 9.17) is 18.1 Å². The van der Waals surface area contributed by atoms with Gasteiger partial charge in [-0.15, -0.1) is 0 Å². The summed E-state index contributed by atoms with van der Waals surface area (Å²) in [5, 5.41) is 0. The van der Waals surface area contributed by atoms with Gasteiger partial charge in [-0.25, -0.2) is 0 Å². The average Bonchev–Trinajstić information content (AvgIpc) is 2.85. The molecule has 0 aromatic carbocycles. The van der Waals surface area contributed by atoms with Gasteiger partial charge in [0.2, 0.25) is 7.37 Å². The van der Waals surface area contributed by atoms with Crippen LogP contribution in [-0.2, 0) is 36.4 Å². The molecule has 1 unspecified atom stereocenters. The summed E-state index contributed by atoms with van der Waals surface area (Å²) >= 11 is 0. The van der Waals surface area contributed by atoms with Crippen molar-refractivity contribution < 1.29 is 41.2 Å². The van der Waals surface area contributed by atoms with Crippen molar-refractivity contribution in [2.24, 2.45) is 10.8 Å². The minimum absolute atomic E-state index is 0.0900. The topological polar surface area (TPSA) is 138 Å². The maximum Gasteiger partial charge on any atom is 0.344 e. The first-order valence-corrected chi connectivity index (χ1v) is 23.2. The molecule has 4 rings (SSSR count). The molecule has 1 N–H and O–H groups in total. The molecular formula is C25H54N4O9P4. The zero-order valence-corrected chi connectivity index (χ0v) is 30.2. The van der Waals surface area contributed by atoms with Crippen molar-refractivity contribution >= 4 is 29.7 Å². The molecule has 0 spiro atoms. The predicted molar refractivity (Wildman–Crippen MR) is 168 cm³/mol. The van der Waals surface area contributed by atoms with E-state index in [2.05, 4.69) is 14.7 Å². The Balaban J connectivity index is 0.000000260. The minimum atomic E-state index is -3.04. The summed E-state index contributed by atoms with van der Waals surface area (Å²) in [6.45, 7) is 21.1. The highest BCUT2D eigenvalue weighted by Crippen LogP contribution is 2.55. The van der Waals surface area contributed by atoms with Gasteiger partial charge >= 0.3 is 15.2 Å². The van der Waals surface area contributed by atoms with E-state index in [-0.39, 0.29) is 17.1 Å². The fraction of sp³-hybridized carbons (Fsp3) is 1.00. The Morgan fingerprint density at radius 3 is 1.17 bits per heavy atom. The number of nitrogens with zero attached hydrogens (tertiary/aromatic N) is 4. The fourth-order valence-corrected chi connectivity index (χ4v) is 11.4. The van der Waals surface area contributed by atoms with Crippen LogP contribution >= 0.6 is 29.7 Å². The Hall–Kier alpha value is 0.560. The average molecular weight is 679 g/mol. The molecule has 0 aliphatic carbocycles. The summed E-state index contributed by atoms with van der Waals surface area (Å²) in [6, 6.07) is 0. The quantitative estimate of drug-likeness (QED) is 0.369. The highest BCUT2D eigenvalue weighted by Gasteiger charge is 2.40. The molecule has 17 heteroatoms. The van der Waals surface area contributed by atoms with E-state index < -0.39 is 29.7 Å². The lowest BCUT2D eigenvalue weighted by Crippen LogP contribution is -2.47. The molecule has 4 fully saturated rings. The van der Waals surface area contributed by atoms with E-state index in [0.29, 0.717) is 45.3 Å². The van der Waals surface area contributed by atoms with Crippen LogP contribution in [0.5, 0.6) is 0 Å². The summed E-state index contributed by atoms with van der Waals surface area (Å²) in [5.41, 5.74) is -0.180. The second-order valence-corrected chi connectivity index (χ2v) is 24.2. The molecule has 13 nitrogen and oxygen atoms in total. The molecular weight excluding hydrogens is 624 g/mol. The van der Waals surface area contributed by atoms with Gasteiger partial charge < -0.3 is 27.6 Å². The van der Waals surface area contributed by atoms with Crippen LogP contribution in [0, 0.1) is 10.8 Å². The van der Waals surface area contributed by atoms with Crippen molar-refractivity contribution in [2.75, 3.05) is 124 Å². The van der Waals surface area contributed by atoms with Crippen LogP contribution in [0.2, 0.25) is 0 Å². The normalized spacial score (nSPS) is 28.8. The van der Waals surface area contributed by atoms with E-state index in [1.54, 1.807) is 13.3 Å². The van der Waals surface area contributed by atoms with E-state index in [9.17, 15) is 23.2 Å². The van der Waals surface area contributed by atoms with Gasteiger partial charge in [0.05, 0.1) is 46.1 Å². The lowest BCUT2D eigenvalue weighted by atomic mass is 9.97. The van der Waals surface area contributed by atoms with Crippen LogP contribution in [0.15, 0.2) is 0 Å². The van der Waals surface area contributed by atoms with E-state index in [1.807, 2.05) is 32.6 Å². The van der Waals surface area contributed by atoms with Gasteiger partial charge in [-0.05, 0) is 13.3 Å². The standard InChI is InChI=1S/C16H32N2O6P2.C9H22N2O3P2/c1-15(2)9-21-25(19,22-10-15)13-17-5-7-18(8-6-17)14-26(20)23-11-16(3,4)12-24-26;1-15(2,12)8-10-4-6-11(7-5-10)9-16(3,13)14/h5-14H2,1-4H3;4-9H2,1-3H3,(H,13,14). The van der Waals surface area contributed by atoms with Crippen LogP contribution in [0.3, 0.4) is 0 Å². The number of hydrogen-bond donors (Lipinski definition) is 1. The molecule has 0 aromatic heterocycles. The van der Waals surface area contributed by atoms with Crippen molar-refractivity contribution in [3.63, 3.8) is 0 Å². The first kappa shape index (κ1) is 37.0. The molecule has 0 aromatic rings. The first-order chi connectivity index (χ1) is 19.1. The first-order valence-electron chi connectivity index (χ1n) is 14.6. The molecule has 4 heterocycles. The van der Waals surface area contributed by atoms with Crippen molar-refractivity contribution in [1.82, 2.24) is 19.6 Å². The van der Waals surface area contributed by atoms with Gasteiger partial charge in [0.15, 0.2) is 0 Å². The lowest BCUT2D eigenvalue weighted by molar-refractivity contribution is 0.0290. The van der Waals surface area contributed by atoms with Crippen LogP contribution in [0.4, 0.5) is 0 Å².